The molecule has 2 rings (SSSR count). The molecule has 0 radical (unpaired) electrons. The van der Waals surface area contributed by atoms with E-state index in [1.807, 2.05) is 11.4 Å². The van der Waals surface area contributed by atoms with Gasteiger partial charge in [-0.3, -0.25) is 0 Å². The van der Waals surface area contributed by atoms with Crippen LogP contribution in [0, 0.1) is 0 Å². The number of carbonyl (C=O) groups is 1. The average Bonchev–Trinajstić information content (AvgIpc) is 2.83. The first-order valence-corrected chi connectivity index (χ1v) is 6.80. The van der Waals surface area contributed by atoms with Gasteiger partial charge >= 0.3 is 5.97 Å². The monoisotopic (exact) mass is 318 g/mol. The number of carboxylic acids is 1. The van der Waals surface area contributed by atoms with Crippen LogP contribution in [0.15, 0.2) is 22.1 Å². The number of anilines is 1. The Morgan fingerprint density at radius 1 is 1.62 bits per heavy atom. The van der Waals surface area contributed by atoms with E-state index in [2.05, 4.69) is 26.2 Å². The Bertz CT molecular complexity index is 509. The molecule has 0 unspecified atom stereocenters. The summed E-state index contributed by atoms with van der Waals surface area (Å²) in [5.41, 5.74) is 0. The molecule has 0 aliphatic heterocycles. The van der Waals surface area contributed by atoms with E-state index in [-0.39, 0.29) is 4.88 Å². The molecule has 0 bridgehead atoms. The number of thiophene rings is 1. The maximum absolute atomic E-state index is 10.6. The zero-order valence-corrected chi connectivity index (χ0v) is 11.2. The Morgan fingerprint density at radius 3 is 3.00 bits per heavy atom. The molecule has 2 aromatic heterocycles. The molecular formula is C9H7BrN2O2S2. The van der Waals surface area contributed by atoms with Crippen LogP contribution in [0.5, 0.6) is 0 Å². The molecule has 16 heavy (non-hydrogen) atoms. The minimum absolute atomic E-state index is 0.243. The first-order valence-electron chi connectivity index (χ1n) is 4.31. The standard InChI is InChI=1S/C9H7BrN2O2S2/c10-5-1-2-15-6(5)3-11-9-12-4-7(16-9)8(13)14/h1-2,4H,3H2,(H,11,12)(H,13,14). The molecule has 2 aromatic rings. The van der Waals surface area contributed by atoms with Crippen molar-refractivity contribution in [1.82, 2.24) is 4.98 Å². The second-order valence-corrected chi connectivity index (χ2v) is 5.77. The minimum atomic E-state index is -0.942. The lowest BCUT2D eigenvalue weighted by molar-refractivity contribution is 0.0702. The van der Waals surface area contributed by atoms with Gasteiger partial charge in [-0.25, -0.2) is 9.78 Å². The number of aromatic carboxylic acids is 1. The Hall–Kier alpha value is -0.920. The van der Waals surface area contributed by atoms with Crippen LogP contribution >= 0.6 is 38.6 Å². The van der Waals surface area contributed by atoms with Gasteiger partial charge in [-0.05, 0) is 27.4 Å². The molecule has 0 saturated carbocycles. The molecule has 84 valence electrons. The van der Waals surface area contributed by atoms with Crippen molar-refractivity contribution >= 4 is 49.7 Å². The number of nitrogens with one attached hydrogen (secondary N) is 1. The van der Waals surface area contributed by atoms with Gasteiger partial charge in [0.25, 0.3) is 0 Å². The van der Waals surface area contributed by atoms with Gasteiger partial charge in [-0.1, -0.05) is 11.3 Å². The molecule has 7 heteroatoms. The van der Waals surface area contributed by atoms with Crippen LogP contribution in [0.3, 0.4) is 0 Å². The molecule has 0 saturated heterocycles. The lowest BCUT2D eigenvalue weighted by Crippen LogP contribution is -1.96. The van der Waals surface area contributed by atoms with Crippen molar-refractivity contribution in [3.05, 3.63) is 31.9 Å². The first-order chi connectivity index (χ1) is 7.66. The Kier molecular flexibility index (Phi) is 3.57. The van der Waals surface area contributed by atoms with Crippen LogP contribution in [-0.2, 0) is 6.54 Å². The summed E-state index contributed by atoms with van der Waals surface area (Å²) >= 11 is 6.20. The summed E-state index contributed by atoms with van der Waals surface area (Å²) in [6, 6.07) is 1.98. The van der Waals surface area contributed by atoms with E-state index in [4.69, 9.17) is 5.11 Å². The lowest BCUT2D eigenvalue weighted by Gasteiger charge is -1.99. The second-order valence-electron chi connectivity index (χ2n) is 2.88. The van der Waals surface area contributed by atoms with Gasteiger partial charge in [0.15, 0.2) is 5.13 Å². The van der Waals surface area contributed by atoms with Crippen LogP contribution in [0.25, 0.3) is 0 Å². The summed E-state index contributed by atoms with van der Waals surface area (Å²) in [5.74, 6) is -0.942. The van der Waals surface area contributed by atoms with Crippen molar-refractivity contribution in [3.8, 4) is 0 Å². The van der Waals surface area contributed by atoms with E-state index in [1.54, 1.807) is 11.3 Å². The SMILES string of the molecule is O=C(O)c1cnc(NCc2sccc2Br)s1. The van der Waals surface area contributed by atoms with Crippen molar-refractivity contribution in [2.75, 3.05) is 5.32 Å². The number of thiazole rings is 1. The predicted molar refractivity (Wildman–Crippen MR) is 68.4 cm³/mol. The van der Waals surface area contributed by atoms with Gasteiger partial charge in [-0.2, -0.15) is 0 Å². The van der Waals surface area contributed by atoms with Crippen LogP contribution in [0.1, 0.15) is 14.5 Å². The third-order valence-corrected chi connectivity index (χ3v) is 4.68. The van der Waals surface area contributed by atoms with Crippen molar-refractivity contribution in [3.63, 3.8) is 0 Å². The van der Waals surface area contributed by atoms with E-state index < -0.39 is 5.97 Å². The highest BCUT2D eigenvalue weighted by molar-refractivity contribution is 9.10. The Labute approximate surface area is 108 Å². The van der Waals surface area contributed by atoms with Gasteiger partial charge in [0.1, 0.15) is 4.88 Å². The van der Waals surface area contributed by atoms with E-state index in [1.165, 1.54) is 6.20 Å². The van der Waals surface area contributed by atoms with E-state index in [0.29, 0.717) is 11.7 Å². The van der Waals surface area contributed by atoms with E-state index in [9.17, 15) is 4.79 Å². The fraction of sp³-hybridized carbons (Fsp3) is 0.111. The zero-order chi connectivity index (χ0) is 11.5. The number of hydrogen-bond donors (Lipinski definition) is 2. The topological polar surface area (TPSA) is 62.2 Å². The quantitative estimate of drug-likeness (QED) is 0.908. The highest BCUT2D eigenvalue weighted by Crippen LogP contribution is 2.25. The van der Waals surface area contributed by atoms with Gasteiger partial charge in [0, 0.05) is 9.35 Å². The molecule has 0 fully saturated rings. The molecule has 2 N–H and O–H groups in total. The Morgan fingerprint density at radius 2 is 2.44 bits per heavy atom. The molecule has 0 aromatic carbocycles. The number of carboxylic acid groups (broad SMARTS) is 1. The number of hydrogen-bond acceptors (Lipinski definition) is 5. The summed E-state index contributed by atoms with van der Waals surface area (Å²) in [6.07, 6.45) is 1.36. The highest BCUT2D eigenvalue weighted by Gasteiger charge is 2.08. The third-order valence-electron chi connectivity index (χ3n) is 1.81. The average molecular weight is 319 g/mol. The van der Waals surface area contributed by atoms with Crippen molar-refractivity contribution < 1.29 is 9.90 Å². The normalized spacial score (nSPS) is 10.3. The minimum Gasteiger partial charge on any atom is -0.477 e. The van der Waals surface area contributed by atoms with Crippen molar-refractivity contribution in [1.29, 1.82) is 0 Å². The summed E-state index contributed by atoms with van der Waals surface area (Å²) in [5, 5.41) is 14.4. The first kappa shape index (κ1) is 11.6. The zero-order valence-electron chi connectivity index (χ0n) is 7.94. The van der Waals surface area contributed by atoms with Crippen LogP contribution in [-0.4, -0.2) is 16.1 Å². The largest absolute Gasteiger partial charge is 0.477 e. The third kappa shape index (κ3) is 2.60. The van der Waals surface area contributed by atoms with Gasteiger partial charge < -0.3 is 10.4 Å². The molecule has 0 spiro atoms. The molecule has 0 aliphatic rings. The Balaban J connectivity index is 2.00. The number of halogens is 1. The summed E-state index contributed by atoms with van der Waals surface area (Å²) < 4.78 is 1.06. The molecule has 2 heterocycles. The van der Waals surface area contributed by atoms with Crippen LogP contribution in [0.4, 0.5) is 5.13 Å². The van der Waals surface area contributed by atoms with Crippen LogP contribution in [0.2, 0.25) is 0 Å². The van der Waals surface area contributed by atoms with E-state index >= 15 is 0 Å². The molecular weight excluding hydrogens is 312 g/mol. The number of rotatable bonds is 4. The predicted octanol–water partition coefficient (Wildman–Crippen LogP) is 3.28. The fourth-order valence-corrected chi connectivity index (χ4v) is 3.14. The maximum Gasteiger partial charge on any atom is 0.347 e. The van der Waals surface area contributed by atoms with E-state index in [0.717, 1.165) is 20.7 Å². The highest BCUT2D eigenvalue weighted by atomic mass is 79.9. The molecule has 0 atom stereocenters. The molecule has 4 nitrogen and oxygen atoms in total. The van der Waals surface area contributed by atoms with Gasteiger partial charge in [0.05, 0.1) is 12.7 Å². The van der Waals surface area contributed by atoms with Crippen molar-refractivity contribution in [2.24, 2.45) is 0 Å². The van der Waals surface area contributed by atoms with Crippen LogP contribution < -0.4 is 5.32 Å². The fourth-order valence-electron chi connectivity index (χ4n) is 1.06. The smallest absolute Gasteiger partial charge is 0.347 e. The molecule has 0 amide bonds. The second kappa shape index (κ2) is 4.94. The maximum atomic E-state index is 10.6. The number of aromatic nitrogens is 1. The van der Waals surface area contributed by atoms with Gasteiger partial charge in [-0.15, -0.1) is 11.3 Å². The summed E-state index contributed by atoms with van der Waals surface area (Å²) in [7, 11) is 0. The number of nitrogens with zero attached hydrogens (tertiary/aromatic N) is 1. The summed E-state index contributed by atoms with van der Waals surface area (Å²) in [4.78, 5) is 16.0. The lowest BCUT2D eigenvalue weighted by atomic mass is 10.5. The summed E-state index contributed by atoms with van der Waals surface area (Å²) in [6.45, 7) is 0.644. The van der Waals surface area contributed by atoms with Gasteiger partial charge in [0.2, 0.25) is 0 Å². The molecule has 0 aliphatic carbocycles. The van der Waals surface area contributed by atoms with Crippen molar-refractivity contribution in [2.45, 2.75) is 6.54 Å².